The van der Waals surface area contributed by atoms with E-state index in [9.17, 15) is 0 Å². The van der Waals surface area contributed by atoms with Crippen molar-refractivity contribution in [2.75, 3.05) is 106 Å². The molecule has 0 aliphatic rings. The summed E-state index contributed by atoms with van der Waals surface area (Å²) in [5.74, 6) is 0. The zero-order valence-corrected chi connectivity index (χ0v) is 22.4. The maximum Gasteiger partial charge on any atom is 0.0701 e. The number of ether oxygens (including phenoxy) is 6. The van der Waals surface area contributed by atoms with Crippen molar-refractivity contribution in [3.63, 3.8) is 0 Å². The van der Waals surface area contributed by atoms with Crippen LogP contribution in [0.15, 0.2) is 0 Å². The van der Waals surface area contributed by atoms with Gasteiger partial charge >= 0.3 is 0 Å². The molecular weight excluding hydrogens is 448 g/mol. The molecule has 0 radical (unpaired) electrons. The molecule has 0 heterocycles. The predicted octanol–water partition coefficient (Wildman–Crippen LogP) is 1.65. The maximum absolute atomic E-state index is 8.38. The van der Waals surface area contributed by atoms with Crippen LogP contribution in [0.1, 0.15) is 53.4 Å². The van der Waals surface area contributed by atoms with E-state index in [1.165, 1.54) is 0 Å². The molecule has 0 fully saturated rings. The van der Waals surface area contributed by atoms with Crippen molar-refractivity contribution >= 4 is 0 Å². The smallest absolute Gasteiger partial charge is 0.0701 e. The predicted molar refractivity (Wildman–Crippen MR) is 134 cm³/mol. The molecule has 0 amide bonds. The van der Waals surface area contributed by atoms with Crippen LogP contribution in [0.3, 0.4) is 0 Å². The van der Waals surface area contributed by atoms with Crippen LogP contribution in [0.5, 0.6) is 0 Å². The van der Waals surface area contributed by atoms with Crippen LogP contribution in [-0.4, -0.2) is 126 Å². The van der Waals surface area contributed by atoms with E-state index < -0.39 is 0 Å². The van der Waals surface area contributed by atoms with Gasteiger partial charge in [-0.3, -0.25) is 0 Å². The molecule has 0 aromatic carbocycles. The zero-order valence-electron chi connectivity index (χ0n) is 22.4. The average Bonchev–Trinajstić information content (AvgIpc) is 2.86. The largest absolute Gasteiger partial charge is 0.396 e. The van der Waals surface area contributed by atoms with E-state index >= 15 is 0 Å². The third-order valence-electron chi connectivity index (χ3n) is 3.09. The summed E-state index contributed by atoms with van der Waals surface area (Å²) in [6.45, 7) is 15.9. The maximum atomic E-state index is 8.38. The van der Waals surface area contributed by atoms with E-state index in [-0.39, 0.29) is 19.8 Å². The Hall–Kier alpha value is -0.400. The Morgan fingerprint density at radius 2 is 0.500 bits per heavy atom. The minimum absolute atomic E-state index is 0.0691. The van der Waals surface area contributed by atoms with Crippen LogP contribution in [0.4, 0.5) is 0 Å². The molecule has 10 nitrogen and oxygen atoms in total. The lowest BCUT2D eigenvalue weighted by Gasteiger charge is -2.05. The molecule has 0 saturated carbocycles. The summed E-state index contributed by atoms with van der Waals surface area (Å²) in [6, 6.07) is 0. The molecule has 0 rings (SSSR count). The lowest BCUT2D eigenvalue weighted by molar-refractivity contribution is 0.00783. The molecular formula is C24H56O10. The van der Waals surface area contributed by atoms with E-state index in [1.807, 2.05) is 13.8 Å². The van der Waals surface area contributed by atoms with E-state index in [1.54, 1.807) is 0 Å². The molecule has 0 aliphatic heterocycles. The molecule has 0 aromatic heterocycles. The summed E-state index contributed by atoms with van der Waals surface area (Å²) in [5.41, 5.74) is 0. The Kier molecular flexibility index (Phi) is 59.5. The minimum Gasteiger partial charge on any atom is -0.396 e. The van der Waals surface area contributed by atoms with Gasteiger partial charge in [0.25, 0.3) is 0 Å². The first-order valence-electron chi connectivity index (χ1n) is 12.6. The van der Waals surface area contributed by atoms with Crippen molar-refractivity contribution in [2.45, 2.75) is 53.4 Å². The highest BCUT2D eigenvalue weighted by Crippen LogP contribution is 1.83. The van der Waals surface area contributed by atoms with Crippen LogP contribution >= 0.6 is 0 Å². The number of rotatable bonds is 22. The lowest BCUT2D eigenvalue weighted by atomic mass is 10.5. The van der Waals surface area contributed by atoms with Gasteiger partial charge in [0, 0.05) is 26.4 Å². The van der Waals surface area contributed by atoms with Crippen LogP contribution in [0.25, 0.3) is 0 Å². The number of hydrogen-bond donors (Lipinski definition) is 4. The highest BCUT2D eigenvalue weighted by Gasteiger charge is 1.90. The molecule has 4 N–H and O–H groups in total. The van der Waals surface area contributed by atoms with Gasteiger partial charge in [-0.05, 0) is 25.7 Å². The van der Waals surface area contributed by atoms with Crippen LogP contribution in [-0.2, 0) is 28.4 Å². The first-order valence-corrected chi connectivity index (χ1v) is 12.6. The molecule has 10 heteroatoms. The normalized spacial score (nSPS) is 9.88. The second kappa shape index (κ2) is 49.7. The lowest BCUT2D eigenvalue weighted by Crippen LogP contribution is -2.10. The van der Waals surface area contributed by atoms with Crippen molar-refractivity contribution in [1.82, 2.24) is 0 Å². The Bertz CT molecular complexity index is 250. The van der Waals surface area contributed by atoms with Crippen LogP contribution < -0.4 is 0 Å². The molecule has 212 valence electrons. The van der Waals surface area contributed by atoms with Crippen molar-refractivity contribution in [1.29, 1.82) is 0 Å². The van der Waals surface area contributed by atoms with Gasteiger partial charge in [0.1, 0.15) is 0 Å². The quantitative estimate of drug-likeness (QED) is 0.161. The van der Waals surface area contributed by atoms with E-state index in [0.29, 0.717) is 66.1 Å². The molecule has 0 aliphatic carbocycles. The Labute approximate surface area is 208 Å². The molecule has 0 unspecified atom stereocenters. The highest BCUT2D eigenvalue weighted by molar-refractivity contribution is 4.33. The summed E-state index contributed by atoms with van der Waals surface area (Å²) in [6.07, 6.45) is 3.99. The van der Waals surface area contributed by atoms with Crippen LogP contribution in [0, 0.1) is 0 Å². The van der Waals surface area contributed by atoms with E-state index in [4.69, 9.17) is 48.8 Å². The third kappa shape index (κ3) is 63.4. The van der Waals surface area contributed by atoms with Gasteiger partial charge in [-0.15, -0.1) is 0 Å². The van der Waals surface area contributed by atoms with Crippen LogP contribution in [0.2, 0.25) is 0 Å². The first-order chi connectivity index (χ1) is 16.7. The van der Waals surface area contributed by atoms with E-state index in [2.05, 4.69) is 13.8 Å². The third-order valence-corrected chi connectivity index (χ3v) is 3.09. The number of aliphatic hydroxyl groups is 4. The topological polar surface area (TPSA) is 136 Å². The fraction of sp³-hybridized carbons (Fsp3) is 1.00. The number of hydrogen-bond acceptors (Lipinski definition) is 10. The summed E-state index contributed by atoms with van der Waals surface area (Å²) in [7, 11) is 0. The zero-order chi connectivity index (χ0) is 26.4. The summed E-state index contributed by atoms with van der Waals surface area (Å²) in [5, 5.41) is 32.7. The average molecular weight is 505 g/mol. The standard InChI is InChI=1S/C9H20O4.C7H16O3.C5H12O2.C3H8O/c1-2-4-11-6-8-13-9-7-12-5-3-10;1-2-4-9-6-7-10-5-3-8;1-2-4-7-5-3-6;1-2-3-4/h10H,2-9H2,1H3;8H,2-7H2,1H3;6H,2-5H2,1H3;4H,2-3H2,1H3. The van der Waals surface area contributed by atoms with Crippen molar-refractivity contribution in [3.05, 3.63) is 0 Å². The highest BCUT2D eigenvalue weighted by atomic mass is 16.5. The molecule has 0 saturated heterocycles. The van der Waals surface area contributed by atoms with E-state index in [0.717, 1.165) is 45.5 Å². The SMILES string of the molecule is CCCO.CCCOCCO.CCCOCCOCCO.CCCOCCOCCOCCO. The second-order valence-electron chi connectivity index (χ2n) is 6.57. The van der Waals surface area contributed by atoms with Gasteiger partial charge in [-0.1, -0.05) is 27.7 Å². The first kappa shape index (κ1) is 40.8. The molecule has 0 bridgehead atoms. The van der Waals surface area contributed by atoms with Crippen molar-refractivity contribution < 1.29 is 48.8 Å². The monoisotopic (exact) mass is 504 g/mol. The molecule has 34 heavy (non-hydrogen) atoms. The summed E-state index contributed by atoms with van der Waals surface area (Å²) >= 11 is 0. The fourth-order valence-electron chi connectivity index (χ4n) is 1.59. The minimum atomic E-state index is 0.0691. The van der Waals surface area contributed by atoms with Gasteiger partial charge in [0.2, 0.25) is 0 Å². The number of aliphatic hydroxyl groups excluding tert-OH is 4. The molecule has 0 aromatic rings. The molecule has 0 atom stereocenters. The Morgan fingerprint density at radius 1 is 0.294 bits per heavy atom. The molecule has 0 spiro atoms. The Balaban J connectivity index is -0.000000190. The van der Waals surface area contributed by atoms with Gasteiger partial charge in [-0.2, -0.15) is 0 Å². The van der Waals surface area contributed by atoms with Crippen molar-refractivity contribution in [3.8, 4) is 0 Å². The van der Waals surface area contributed by atoms with Gasteiger partial charge in [0.05, 0.1) is 79.3 Å². The second-order valence-corrected chi connectivity index (χ2v) is 6.57. The van der Waals surface area contributed by atoms with Gasteiger partial charge < -0.3 is 48.8 Å². The van der Waals surface area contributed by atoms with Crippen molar-refractivity contribution in [2.24, 2.45) is 0 Å². The van der Waals surface area contributed by atoms with Gasteiger partial charge in [0.15, 0.2) is 0 Å². The fourth-order valence-corrected chi connectivity index (χ4v) is 1.59. The Morgan fingerprint density at radius 3 is 0.706 bits per heavy atom. The van der Waals surface area contributed by atoms with Gasteiger partial charge in [-0.25, -0.2) is 0 Å². The summed E-state index contributed by atoms with van der Waals surface area (Å²) < 4.78 is 30.4. The summed E-state index contributed by atoms with van der Waals surface area (Å²) in [4.78, 5) is 0.